The van der Waals surface area contributed by atoms with E-state index in [1.165, 1.54) is 12.1 Å². The van der Waals surface area contributed by atoms with Crippen LogP contribution in [0.15, 0.2) is 23.1 Å². The van der Waals surface area contributed by atoms with Crippen LogP contribution in [0.2, 0.25) is 0 Å². The van der Waals surface area contributed by atoms with Crippen LogP contribution in [-0.2, 0) is 9.84 Å². The fraction of sp³-hybridized carbons (Fsp3) is 0.300. The van der Waals surface area contributed by atoms with Gasteiger partial charge in [-0.25, -0.2) is 12.8 Å². The van der Waals surface area contributed by atoms with Crippen molar-refractivity contribution in [3.63, 3.8) is 0 Å². The van der Waals surface area contributed by atoms with E-state index in [0.29, 0.717) is 12.8 Å². The second-order valence-corrected chi connectivity index (χ2v) is 5.70. The Kier molecular flexibility index (Phi) is 2.24. The summed E-state index contributed by atoms with van der Waals surface area (Å²) in [5.74, 6) is -0.832. The van der Waals surface area contributed by atoms with Crippen molar-refractivity contribution in [3.05, 3.63) is 29.6 Å². The Bertz CT molecular complexity index is 541. The van der Waals surface area contributed by atoms with E-state index < -0.39 is 20.9 Å². The first-order valence-corrected chi connectivity index (χ1v) is 6.04. The Labute approximate surface area is 87.1 Å². The van der Waals surface area contributed by atoms with Crippen LogP contribution < -0.4 is 0 Å². The predicted octanol–water partition coefficient (Wildman–Crippen LogP) is 1.63. The van der Waals surface area contributed by atoms with E-state index in [-0.39, 0.29) is 10.5 Å². The Morgan fingerprint density at radius 3 is 2.53 bits per heavy atom. The second-order valence-electron chi connectivity index (χ2n) is 3.50. The van der Waals surface area contributed by atoms with Gasteiger partial charge in [-0.05, 0) is 31.0 Å². The third kappa shape index (κ3) is 1.73. The zero-order valence-corrected chi connectivity index (χ0v) is 8.59. The maximum atomic E-state index is 13.4. The zero-order valence-electron chi connectivity index (χ0n) is 7.77. The third-order valence-corrected chi connectivity index (χ3v) is 4.62. The molecule has 1 aliphatic rings. The monoisotopic (exact) mass is 225 g/mol. The van der Waals surface area contributed by atoms with E-state index in [1.54, 1.807) is 6.07 Å². The standard InChI is InChI=1S/C10H8FNO2S/c11-9-5-7(6-12)1-4-10(9)15(13,14)8-2-3-8/h1,4-5,8H,2-3H2. The molecule has 0 amide bonds. The minimum atomic E-state index is -3.51. The molecule has 0 aliphatic heterocycles. The molecule has 1 saturated carbocycles. The highest BCUT2D eigenvalue weighted by molar-refractivity contribution is 7.92. The lowest BCUT2D eigenvalue weighted by Gasteiger charge is -2.03. The molecule has 0 radical (unpaired) electrons. The molecule has 0 spiro atoms. The maximum Gasteiger partial charge on any atom is 0.184 e. The van der Waals surface area contributed by atoms with Crippen LogP contribution in [0.1, 0.15) is 18.4 Å². The molecule has 0 bridgehead atoms. The largest absolute Gasteiger partial charge is 0.223 e. The summed E-state index contributed by atoms with van der Waals surface area (Å²) in [5, 5.41) is 8.08. The lowest BCUT2D eigenvalue weighted by Crippen LogP contribution is -2.09. The van der Waals surface area contributed by atoms with Gasteiger partial charge in [-0.2, -0.15) is 5.26 Å². The van der Waals surface area contributed by atoms with Crippen molar-refractivity contribution in [2.75, 3.05) is 0 Å². The summed E-state index contributed by atoms with van der Waals surface area (Å²) < 4.78 is 36.8. The van der Waals surface area contributed by atoms with Crippen LogP contribution >= 0.6 is 0 Å². The summed E-state index contributed by atoms with van der Waals surface area (Å²) in [4.78, 5) is -0.288. The molecule has 1 fully saturated rings. The van der Waals surface area contributed by atoms with Gasteiger partial charge in [0.05, 0.1) is 16.9 Å². The molecule has 1 aliphatic carbocycles. The van der Waals surface area contributed by atoms with Crippen molar-refractivity contribution in [1.29, 1.82) is 5.26 Å². The second kappa shape index (κ2) is 3.31. The van der Waals surface area contributed by atoms with Gasteiger partial charge in [0, 0.05) is 0 Å². The Balaban J connectivity index is 2.51. The first kappa shape index (κ1) is 10.1. The van der Waals surface area contributed by atoms with Crippen molar-refractivity contribution in [2.45, 2.75) is 23.0 Å². The molecule has 0 atom stereocenters. The summed E-state index contributed by atoms with van der Waals surface area (Å²) in [5.41, 5.74) is 0.127. The van der Waals surface area contributed by atoms with Crippen molar-refractivity contribution in [3.8, 4) is 6.07 Å². The molecular formula is C10H8FNO2S. The lowest BCUT2D eigenvalue weighted by atomic mass is 10.2. The van der Waals surface area contributed by atoms with Gasteiger partial charge in [0.25, 0.3) is 0 Å². The van der Waals surface area contributed by atoms with Gasteiger partial charge in [-0.15, -0.1) is 0 Å². The summed E-state index contributed by atoms with van der Waals surface area (Å²) in [7, 11) is -3.51. The molecule has 1 aromatic rings. The minimum absolute atomic E-state index is 0.127. The van der Waals surface area contributed by atoms with E-state index >= 15 is 0 Å². The molecule has 0 heterocycles. The van der Waals surface area contributed by atoms with Gasteiger partial charge in [0.2, 0.25) is 0 Å². The molecule has 0 unspecified atom stereocenters. The minimum Gasteiger partial charge on any atom is -0.223 e. The van der Waals surface area contributed by atoms with Gasteiger partial charge in [0.15, 0.2) is 9.84 Å². The highest BCUT2D eigenvalue weighted by Gasteiger charge is 2.38. The normalized spacial score (nSPS) is 16.0. The number of hydrogen-bond donors (Lipinski definition) is 0. The molecule has 5 heteroatoms. The van der Waals surface area contributed by atoms with Crippen LogP contribution in [0.5, 0.6) is 0 Å². The first-order chi connectivity index (χ1) is 7.05. The quantitative estimate of drug-likeness (QED) is 0.768. The highest BCUT2D eigenvalue weighted by atomic mass is 32.2. The number of nitrogens with zero attached hydrogens (tertiary/aromatic N) is 1. The van der Waals surface area contributed by atoms with Gasteiger partial charge in [0.1, 0.15) is 10.7 Å². The molecule has 1 aromatic carbocycles. The van der Waals surface area contributed by atoms with Crippen molar-refractivity contribution < 1.29 is 12.8 Å². The van der Waals surface area contributed by atoms with Gasteiger partial charge >= 0.3 is 0 Å². The topological polar surface area (TPSA) is 57.9 Å². The SMILES string of the molecule is N#Cc1ccc(S(=O)(=O)C2CC2)c(F)c1. The van der Waals surface area contributed by atoms with E-state index in [4.69, 9.17) is 5.26 Å². The molecule has 15 heavy (non-hydrogen) atoms. The fourth-order valence-electron chi connectivity index (χ4n) is 1.36. The average molecular weight is 225 g/mol. The molecule has 78 valence electrons. The summed E-state index contributed by atoms with van der Waals surface area (Å²) in [6.07, 6.45) is 1.20. The molecule has 0 saturated heterocycles. The van der Waals surface area contributed by atoms with Crippen LogP contribution in [0.25, 0.3) is 0 Å². The predicted molar refractivity (Wildman–Crippen MR) is 51.3 cm³/mol. The van der Waals surface area contributed by atoms with Gasteiger partial charge in [-0.1, -0.05) is 0 Å². The van der Waals surface area contributed by atoms with E-state index in [2.05, 4.69) is 0 Å². The van der Waals surface area contributed by atoms with Crippen molar-refractivity contribution >= 4 is 9.84 Å². The molecule has 3 nitrogen and oxygen atoms in total. The van der Waals surface area contributed by atoms with Crippen molar-refractivity contribution in [2.24, 2.45) is 0 Å². The van der Waals surface area contributed by atoms with Crippen LogP contribution in [0.3, 0.4) is 0 Å². The van der Waals surface area contributed by atoms with E-state index in [9.17, 15) is 12.8 Å². The number of nitriles is 1. The molecular weight excluding hydrogens is 217 g/mol. The Morgan fingerprint density at radius 2 is 2.07 bits per heavy atom. The average Bonchev–Trinajstić information content (AvgIpc) is 3.00. The third-order valence-electron chi connectivity index (χ3n) is 2.33. The van der Waals surface area contributed by atoms with Gasteiger partial charge < -0.3 is 0 Å². The summed E-state index contributed by atoms with van der Waals surface area (Å²) >= 11 is 0. The molecule has 0 N–H and O–H groups in total. The highest BCUT2D eigenvalue weighted by Crippen LogP contribution is 2.34. The number of benzene rings is 1. The Hall–Kier alpha value is -1.41. The summed E-state index contributed by atoms with van der Waals surface area (Å²) in [6, 6.07) is 5.20. The van der Waals surface area contributed by atoms with Crippen molar-refractivity contribution in [1.82, 2.24) is 0 Å². The molecule has 0 aromatic heterocycles. The van der Waals surface area contributed by atoms with Crippen LogP contribution in [-0.4, -0.2) is 13.7 Å². The lowest BCUT2D eigenvalue weighted by molar-refractivity contribution is 0.566. The Morgan fingerprint density at radius 1 is 1.40 bits per heavy atom. The van der Waals surface area contributed by atoms with Gasteiger partial charge in [-0.3, -0.25) is 0 Å². The number of rotatable bonds is 2. The fourth-order valence-corrected chi connectivity index (χ4v) is 3.06. The number of halogens is 1. The summed E-state index contributed by atoms with van der Waals surface area (Å²) in [6.45, 7) is 0. The van der Waals surface area contributed by atoms with Crippen LogP contribution in [0.4, 0.5) is 4.39 Å². The van der Waals surface area contributed by atoms with E-state index in [0.717, 1.165) is 6.07 Å². The number of sulfone groups is 1. The number of hydrogen-bond acceptors (Lipinski definition) is 3. The zero-order chi connectivity index (χ0) is 11.1. The molecule has 2 rings (SSSR count). The smallest absolute Gasteiger partial charge is 0.184 e. The maximum absolute atomic E-state index is 13.4. The van der Waals surface area contributed by atoms with Crippen LogP contribution in [0, 0.1) is 17.1 Å². The first-order valence-electron chi connectivity index (χ1n) is 4.49. The van der Waals surface area contributed by atoms with E-state index in [1.807, 2.05) is 0 Å².